The minimum Gasteiger partial charge on any atom is -0.476 e. The summed E-state index contributed by atoms with van der Waals surface area (Å²) in [6, 6.07) is 8.85. The molecule has 0 bridgehead atoms. The summed E-state index contributed by atoms with van der Waals surface area (Å²) < 4.78 is 47.3. The zero-order chi connectivity index (χ0) is 27.8. The summed E-state index contributed by atoms with van der Waals surface area (Å²) in [5.41, 5.74) is -0.297. The van der Waals surface area contributed by atoms with Gasteiger partial charge in [-0.1, -0.05) is 0 Å². The van der Waals surface area contributed by atoms with Gasteiger partial charge in [-0.2, -0.15) is 5.10 Å². The van der Waals surface area contributed by atoms with Crippen molar-refractivity contribution in [2.24, 2.45) is 0 Å². The summed E-state index contributed by atoms with van der Waals surface area (Å²) in [6.45, 7) is 8.69. The van der Waals surface area contributed by atoms with Crippen LogP contribution < -0.4 is 24.2 Å². The lowest BCUT2D eigenvalue weighted by Crippen LogP contribution is -2.40. The molecule has 0 saturated carbocycles. The number of hydrogen-bond donors (Lipinski definition) is 3. The number of carbonyl (C=O) groups is 2. The van der Waals surface area contributed by atoms with E-state index < -0.39 is 27.4 Å². The first-order valence-electron chi connectivity index (χ1n) is 11.7. The average molecular weight is 545 g/mol. The molecule has 1 aliphatic heterocycles. The maximum Gasteiger partial charge on any atom is 0.356 e. The third-order valence-corrected chi connectivity index (χ3v) is 7.19. The molecular weight excluding hydrogens is 516 g/mol. The first-order chi connectivity index (χ1) is 17.8. The number of benzene rings is 2. The molecule has 1 aliphatic rings. The van der Waals surface area contributed by atoms with Gasteiger partial charge in [0, 0.05) is 28.9 Å². The number of amides is 1. The van der Waals surface area contributed by atoms with Gasteiger partial charge in [-0.05, 0) is 71.0 Å². The molecule has 0 fully saturated rings. The fourth-order valence-corrected chi connectivity index (χ4v) is 5.34. The normalized spacial score (nSPS) is 12.9. The summed E-state index contributed by atoms with van der Waals surface area (Å²) in [7, 11) is -4.15. The second-order valence-corrected chi connectivity index (χ2v) is 11.2. The van der Waals surface area contributed by atoms with Crippen molar-refractivity contribution < 1.29 is 37.3 Å². The highest BCUT2D eigenvalue weighted by molar-refractivity contribution is 7.89. The lowest BCUT2D eigenvalue weighted by molar-refractivity contribution is 0.0688. The van der Waals surface area contributed by atoms with E-state index in [0.717, 1.165) is 0 Å². The van der Waals surface area contributed by atoms with E-state index in [1.807, 2.05) is 0 Å². The highest BCUT2D eigenvalue weighted by atomic mass is 32.2. The van der Waals surface area contributed by atoms with Crippen LogP contribution in [0, 0.1) is 6.92 Å². The Morgan fingerprint density at radius 2 is 1.84 bits per heavy atom. The zero-order valence-corrected chi connectivity index (χ0v) is 22.3. The van der Waals surface area contributed by atoms with Crippen LogP contribution in [0.25, 0.3) is 0 Å². The van der Waals surface area contributed by atoms with Crippen LogP contribution in [0.15, 0.2) is 41.3 Å². The van der Waals surface area contributed by atoms with Crippen LogP contribution >= 0.6 is 0 Å². The minimum absolute atomic E-state index is 0.0637. The molecule has 2 heterocycles. The summed E-state index contributed by atoms with van der Waals surface area (Å²) >= 11 is 0. The highest BCUT2D eigenvalue weighted by Gasteiger charge is 2.28. The molecule has 3 N–H and O–H groups in total. The molecule has 0 atom stereocenters. The van der Waals surface area contributed by atoms with Gasteiger partial charge < -0.3 is 24.6 Å². The SMILES string of the molecule is CCn1nc(C(=O)O)c(C)c1Oc1ccc(NC(=O)c2ccc3c(c2)OCO3)cc1S(=O)(=O)NC(C)(C)C. The Hall–Kier alpha value is -4.10. The van der Waals surface area contributed by atoms with E-state index >= 15 is 0 Å². The van der Waals surface area contributed by atoms with E-state index in [9.17, 15) is 23.1 Å². The third-order valence-electron chi connectivity index (χ3n) is 5.41. The van der Waals surface area contributed by atoms with Crippen molar-refractivity contribution >= 4 is 27.6 Å². The lowest BCUT2D eigenvalue weighted by Gasteiger charge is -2.22. The zero-order valence-electron chi connectivity index (χ0n) is 21.5. The van der Waals surface area contributed by atoms with Crippen LogP contribution in [-0.4, -0.2) is 47.5 Å². The minimum atomic E-state index is -4.15. The van der Waals surface area contributed by atoms with E-state index in [-0.39, 0.29) is 52.4 Å². The van der Waals surface area contributed by atoms with E-state index in [2.05, 4.69) is 15.1 Å². The molecule has 0 saturated heterocycles. The Kier molecular flexibility index (Phi) is 7.08. The van der Waals surface area contributed by atoms with Crippen molar-refractivity contribution in [2.75, 3.05) is 12.1 Å². The lowest BCUT2D eigenvalue weighted by atomic mass is 10.1. The van der Waals surface area contributed by atoms with Crippen LogP contribution in [0.1, 0.15) is 54.1 Å². The van der Waals surface area contributed by atoms with Crippen molar-refractivity contribution in [1.29, 1.82) is 0 Å². The number of hydrogen-bond acceptors (Lipinski definition) is 8. The molecule has 0 spiro atoms. The largest absolute Gasteiger partial charge is 0.476 e. The summed E-state index contributed by atoms with van der Waals surface area (Å²) in [4.78, 5) is 24.2. The van der Waals surface area contributed by atoms with E-state index in [1.54, 1.807) is 39.8 Å². The number of aromatic nitrogens is 2. The summed E-state index contributed by atoms with van der Waals surface area (Å²) in [6.07, 6.45) is 0. The molecule has 13 heteroatoms. The van der Waals surface area contributed by atoms with E-state index in [0.29, 0.717) is 11.5 Å². The van der Waals surface area contributed by atoms with E-state index in [4.69, 9.17) is 14.2 Å². The predicted molar refractivity (Wildman–Crippen MR) is 137 cm³/mol. The molecule has 2 aromatic carbocycles. The maximum absolute atomic E-state index is 13.4. The third kappa shape index (κ3) is 5.58. The van der Waals surface area contributed by atoms with Crippen LogP contribution in [-0.2, 0) is 16.6 Å². The van der Waals surface area contributed by atoms with Crippen molar-refractivity contribution in [3.05, 3.63) is 53.2 Å². The standard InChI is InChI=1S/C25H28N4O8S/c1-6-29-23(14(2)21(27-29)24(31)32)37-18-10-8-16(12-20(18)38(33,34)28-25(3,4)5)26-22(30)15-7-9-17-19(11-15)36-13-35-17/h7-12,28H,6,13H2,1-5H3,(H,26,30)(H,31,32). The number of sulfonamides is 1. The second-order valence-electron chi connectivity index (χ2n) is 9.54. The monoisotopic (exact) mass is 544 g/mol. The number of carboxylic acid groups (broad SMARTS) is 1. The van der Waals surface area contributed by atoms with Crippen molar-refractivity contribution in [3.8, 4) is 23.1 Å². The number of ether oxygens (including phenoxy) is 3. The van der Waals surface area contributed by atoms with E-state index in [1.165, 1.54) is 35.9 Å². The van der Waals surface area contributed by atoms with Gasteiger partial charge in [0.2, 0.25) is 22.7 Å². The maximum atomic E-state index is 13.4. The molecule has 3 aromatic rings. The van der Waals surface area contributed by atoms with Crippen LogP contribution in [0.4, 0.5) is 5.69 Å². The molecule has 1 aromatic heterocycles. The predicted octanol–water partition coefficient (Wildman–Crippen LogP) is 3.76. The molecule has 0 aliphatic carbocycles. The molecule has 0 unspecified atom stereocenters. The number of aromatic carboxylic acids is 1. The first-order valence-corrected chi connectivity index (χ1v) is 13.1. The van der Waals surface area contributed by atoms with Crippen LogP contribution in [0.2, 0.25) is 0 Å². The van der Waals surface area contributed by atoms with Gasteiger partial charge in [0.15, 0.2) is 17.2 Å². The molecule has 202 valence electrons. The van der Waals surface area contributed by atoms with Crippen molar-refractivity contribution in [3.63, 3.8) is 0 Å². The van der Waals surface area contributed by atoms with Gasteiger partial charge in [0.05, 0.1) is 0 Å². The fourth-order valence-electron chi connectivity index (χ4n) is 3.77. The Labute approximate surface area is 219 Å². The van der Waals surface area contributed by atoms with Gasteiger partial charge in [0.25, 0.3) is 5.91 Å². The number of aryl methyl sites for hydroxylation is 1. The second kappa shape index (κ2) is 9.99. The number of rotatable bonds is 8. The average Bonchev–Trinajstić information content (AvgIpc) is 3.42. The summed E-state index contributed by atoms with van der Waals surface area (Å²) in [5.74, 6) is -0.745. The Morgan fingerprint density at radius 3 is 2.50 bits per heavy atom. The summed E-state index contributed by atoms with van der Waals surface area (Å²) in [5, 5.41) is 16.2. The smallest absolute Gasteiger partial charge is 0.356 e. The van der Waals surface area contributed by atoms with Gasteiger partial charge in [0.1, 0.15) is 10.6 Å². The van der Waals surface area contributed by atoms with Gasteiger partial charge in [-0.25, -0.2) is 22.6 Å². The van der Waals surface area contributed by atoms with Gasteiger partial charge >= 0.3 is 5.97 Å². The molecule has 4 rings (SSSR count). The Bertz CT molecular complexity index is 1520. The number of fused-ring (bicyclic) bond motifs is 1. The number of nitrogens with one attached hydrogen (secondary N) is 2. The number of anilines is 1. The number of carbonyl (C=O) groups excluding carboxylic acids is 1. The van der Waals surface area contributed by atoms with Crippen molar-refractivity contribution in [1.82, 2.24) is 14.5 Å². The van der Waals surface area contributed by atoms with Gasteiger partial charge in [-0.15, -0.1) is 0 Å². The topological polar surface area (TPSA) is 158 Å². The molecular formula is C25H28N4O8S. The van der Waals surface area contributed by atoms with Crippen LogP contribution in [0.3, 0.4) is 0 Å². The number of carboxylic acids is 1. The van der Waals surface area contributed by atoms with Crippen LogP contribution in [0.5, 0.6) is 23.1 Å². The molecule has 12 nitrogen and oxygen atoms in total. The van der Waals surface area contributed by atoms with Crippen molar-refractivity contribution in [2.45, 2.75) is 51.6 Å². The molecule has 0 radical (unpaired) electrons. The Morgan fingerprint density at radius 1 is 1.13 bits per heavy atom. The first kappa shape index (κ1) is 26.9. The molecule has 38 heavy (non-hydrogen) atoms. The highest BCUT2D eigenvalue weighted by Crippen LogP contribution is 2.35. The van der Waals surface area contributed by atoms with Gasteiger partial charge in [-0.3, -0.25) is 4.79 Å². The quantitative estimate of drug-likeness (QED) is 0.384. The Balaban J connectivity index is 1.73. The number of nitrogens with zero attached hydrogens (tertiary/aromatic N) is 2. The molecule has 1 amide bonds. The fraction of sp³-hybridized carbons (Fsp3) is 0.320.